The summed E-state index contributed by atoms with van der Waals surface area (Å²) in [6.45, 7) is 6.79. The van der Waals surface area contributed by atoms with Crippen molar-refractivity contribution in [3.63, 3.8) is 0 Å². The molecule has 1 unspecified atom stereocenters. The van der Waals surface area contributed by atoms with E-state index >= 15 is 0 Å². The highest BCUT2D eigenvalue weighted by Gasteiger charge is 2.51. The van der Waals surface area contributed by atoms with Crippen LogP contribution in [0, 0.1) is 11.3 Å². The van der Waals surface area contributed by atoms with Crippen molar-refractivity contribution in [2.75, 3.05) is 13.7 Å². The summed E-state index contributed by atoms with van der Waals surface area (Å²) in [5.74, 6) is 1.05. The molecule has 4 N–H and O–H groups in total. The van der Waals surface area contributed by atoms with Crippen molar-refractivity contribution >= 4 is 28.3 Å². The maximum absolute atomic E-state index is 12.2. The molecule has 1 aliphatic carbocycles. The van der Waals surface area contributed by atoms with Crippen molar-refractivity contribution in [1.29, 1.82) is 5.41 Å². The van der Waals surface area contributed by atoms with Gasteiger partial charge in [0, 0.05) is 23.2 Å². The minimum absolute atomic E-state index is 0.0760. The highest BCUT2D eigenvalue weighted by Crippen LogP contribution is 2.35. The van der Waals surface area contributed by atoms with Crippen LogP contribution >= 0.6 is 0 Å². The molecule has 4 rings (SSSR count). The molecule has 0 spiro atoms. The van der Waals surface area contributed by atoms with Crippen LogP contribution in [-0.2, 0) is 4.79 Å². The quantitative estimate of drug-likeness (QED) is 0.679. The Morgan fingerprint density at radius 1 is 1.34 bits per heavy atom. The summed E-state index contributed by atoms with van der Waals surface area (Å²) in [6, 6.07) is 7.81. The standard InChI is InChI=1S/C22H27N5O2/c1-22(2,3)27(4)20(23)18(21(24)28)19(26-27)15-9-14-7-8-16(10-17(14)25-11-15)29-12-13-5-6-13/h7-11,13H,5-6,12H2,1-4H3,(H3-,23,24,26,28)/p+1. The van der Waals surface area contributed by atoms with E-state index in [-0.39, 0.29) is 21.5 Å². The number of primary amides is 1. The third kappa shape index (κ3) is 3.35. The summed E-state index contributed by atoms with van der Waals surface area (Å²) >= 11 is 0. The molecule has 1 fully saturated rings. The van der Waals surface area contributed by atoms with Gasteiger partial charge in [-0.1, -0.05) is 0 Å². The molecule has 1 aromatic carbocycles. The Morgan fingerprint density at radius 2 is 2.07 bits per heavy atom. The van der Waals surface area contributed by atoms with Gasteiger partial charge in [-0.05, 0) is 57.7 Å². The molecule has 1 saturated carbocycles. The van der Waals surface area contributed by atoms with Crippen LogP contribution in [0.4, 0.5) is 0 Å². The van der Waals surface area contributed by atoms with Crippen molar-refractivity contribution in [2.24, 2.45) is 11.7 Å². The lowest BCUT2D eigenvalue weighted by atomic mass is 10.0. The zero-order chi connectivity index (χ0) is 21.0. The normalized spacial score (nSPS) is 22.1. The molecule has 1 amide bonds. The van der Waals surface area contributed by atoms with Crippen molar-refractivity contribution in [1.82, 2.24) is 10.4 Å². The molecule has 2 heterocycles. The molecule has 0 radical (unpaired) electrons. The number of fused-ring (bicyclic) bond motifs is 1. The Balaban J connectivity index is 1.71. The van der Waals surface area contributed by atoms with E-state index < -0.39 is 5.91 Å². The van der Waals surface area contributed by atoms with Crippen LogP contribution < -0.4 is 15.9 Å². The van der Waals surface area contributed by atoms with Gasteiger partial charge in [0.2, 0.25) is 0 Å². The number of quaternary nitrogens is 1. The summed E-state index contributed by atoms with van der Waals surface area (Å²) in [4.78, 5) is 16.8. The summed E-state index contributed by atoms with van der Waals surface area (Å²) in [7, 11) is 1.87. The Kier molecular flexibility index (Phi) is 4.38. The highest BCUT2D eigenvalue weighted by atomic mass is 16.5. The van der Waals surface area contributed by atoms with E-state index in [1.54, 1.807) is 6.20 Å². The van der Waals surface area contributed by atoms with Crippen molar-refractivity contribution in [3.8, 4) is 5.75 Å². The van der Waals surface area contributed by atoms with Gasteiger partial charge in [-0.15, -0.1) is 0 Å². The predicted molar refractivity (Wildman–Crippen MR) is 113 cm³/mol. The molecular weight excluding hydrogens is 366 g/mol. The van der Waals surface area contributed by atoms with Crippen molar-refractivity contribution in [2.45, 2.75) is 39.2 Å². The maximum Gasteiger partial charge on any atom is 0.260 e. The average Bonchev–Trinajstić information content (AvgIpc) is 3.43. The first-order valence-corrected chi connectivity index (χ1v) is 9.91. The van der Waals surface area contributed by atoms with Gasteiger partial charge in [0.1, 0.15) is 17.0 Å². The van der Waals surface area contributed by atoms with E-state index in [4.69, 9.17) is 15.9 Å². The number of carbonyl (C=O) groups is 1. The number of hydrogen-bond acceptors (Lipinski definition) is 5. The second-order valence-corrected chi connectivity index (χ2v) is 9.08. The van der Waals surface area contributed by atoms with Gasteiger partial charge in [0.15, 0.2) is 5.57 Å². The van der Waals surface area contributed by atoms with Gasteiger partial charge in [-0.2, -0.15) is 4.59 Å². The molecule has 0 bridgehead atoms. The Hall–Kier alpha value is -2.93. The van der Waals surface area contributed by atoms with Crippen LogP contribution in [0.15, 0.2) is 36.0 Å². The number of amidine groups is 1. The maximum atomic E-state index is 12.2. The topological polar surface area (TPSA) is 101 Å². The third-order valence-corrected chi connectivity index (χ3v) is 5.98. The van der Waals surface area contributed by atoms with Crippen LogP contribution in [0.5, 0.6) is 5.75 Å². The Bertz CT molecular complexity index is 1050. The summed E-state index contributed by atoms with van der Waals surface area (Å²) < 4.78 is 5.92. The number of nitrogens with one attached hydrogen (secondary N) is 2. The van der Waals surface area contributed by atoms with Gasteiger partial charge in [-0.3, -0.25) is 9.78 Å². The van der Waals surface area contributed by atoms with E-state index in [0.717, 1.165) is 28.8 Å². The zero-order valence-corrected chi connectivity index (χ0v) is 17.4. The molecule has 1 atom stereocenters. The van der Waals surface area contributed by atoms with E-state index in [1.807, 2.05) is 52.1 Å². The molecule has 7 heteroatoms. The number of nitrogens with zero attached hydrogens (tertiary/aromatic N) is 2. The Labute approximate surface area is 170 Å². The smallest absolute Gasteiger partial charge is 0.260 e. The number of aromatic nitrogens is 1. The van der Waals surface area contributed by atoms with Gasteiger partial charge in [0.25, 0.3) is 11.7 Å². The molecule has 152 valence electrons. The summed E-state index contributed by atoms with van der Waals surface area (Å²) in [6.07, 6.45) is 4.21. The second-order valence-electron chi connectivity index (χ2n) is 9.08. The highest BCUT2D eigenvalue weighted by molar-refractivity contribution is 6.23. The average molecular weight is 394 g/mol. The van der Waals surface area contributed by atoms with Gasteiger partial charge in [0.05, 0.1) is 19.2 Å². The number of rotatable bonds is 5. The van der Waals surface area contributed by atoms with E-state index in [9.17, 15) is 4.79 Å². The first-order chi connectivity index (χ1) is 13.6. The monoisotopic (exact) mass is 394 g/mol. The molecule has 1 aromatic heterocycles. The van der Waals surface area contributed by atoms with E-state index in [2.05, 4.69) is 10.4 Å². The van der Waals surface area contributed by atoms with Crippen molar-refractivity contribution in [3.05, 3.63) is 41.6 Å². The molecule has 2 aliphatic rings. The number of ether oxygens (including phenoxy) is 1. The first kappa shape index (κ1) is 19.4. The van der Waals surface area contributed by atoms with Gasteiger partial charge in [-0.25, -0.2) is 10.8 Å². The van der Waals surface area contributed by atoms with E-state index in [0.29, 0.717) is 11.6 Å². The number of amides is 1. The minimum atomic E-state index is -0.618. The molecule has 0 saturated heterocycles. The molecule has 29 heavy (non-hydrogen) atoms. The van der Waals surface area contributed by atoms with Crippen LogP contribution in [-0.4, -0.2) is 40.5 Å². The minimum Gasteiger partial charge on any atom is -0.493 e. The number of likely N-dealkylation sites (N-methyl/N-ethyl adjacent to an activating group) is 1. The number of pyridine rings is 1. The number of hydrogen-bond donors (Lipinski definition) is 3. The predicted octanol–water partition coefficient (Wildman–Crippen LogP) is 2.96. The molecule has 7 nitrogen and oxygen atoms in total. The van der Waals surface area contributed by atoms with Crippen LogP contribution in [0.1, 0.15) is 39.2 Å². The lowest BCUT2D eigenvalue weighted by Crippen LogP contribution is -2.64. The SMILES string of the molecule is CC(C)(C)[N+]1(C)NC(c2cnc3cc(OCC4CC4)ccc3c2)=C(C(N)=O)C1=N. The number of nitrogens with two attached hydrogens (primary N) is 1. The van der Waals surface area contributed by atoms with Crippen molar-refractivity contribution < 1.29 is 14.1 Å². The van der Waals surface area contributed by atoms with Crippen LogP contribution in [0.2, 0.25) is 0 Å². The van der Waals surface area contributed by atoms with Gasteiger partial charge < -0.3 is 10.5 Å². The molecule has 2 aromatic rings. The largest absolute Gasteiger partial charge is 0.493 e. The summed E-state index contributed by atoms with van der Waals surface area (Å²) in [5, 5.41) is 9.55. The Morgan fingerprint density at radius 3 is 2.69 bits per heavy atom. The first-order valence-electron chi connectivity index (χ1n) is 9.91. The fourth-order valence-electron chi connectivity index (χ4n) is 3.46. The zero-order valence-electron chi connectivity index (χ0n) is 17.4. The molecule has 1 aliphatic heterocycles. The third-order valence-electron chi connectivity index (χ3n) is 5.98. The fraction of sp³-hybridized carbons (Fsp3) is 0.409. The van der Waals surface area contributed by atoms with Crippen LogP contribution in [0.3, 0.4) is 0 Å². The lowest BCUT2D eigenvalue weighted by Gasteiger charge is -2.40. The second kappa shape index (κ2) is 6.56. The number of benzene rings is 1. The van der Waals surface area contributed by atoms with Gasteiger partial charge >= 0.3 is 0 Å². The van der Waals surface area contributed by atoms with Crippen LogP contribution in [0.25, 0.3) is 16.6 Å². The number of carbonyl (C=O) groups excluding carboxylic acids is 1. The summed E-state index contributed by atoms with van der Waals surface area (Å²) in [5.41, 5.74) is 10.9. The lowest BCUT2D eigenvalue weighted by molar-refractivity contribution is -0.902. The fourth-order valence-corrected chi connectivity index (χ4v) is 3.46. The molecular formula is C22H28N5O2+. The van der Waals surface area contributed by atoms with E-state index in [1.165, 1.54) is 12.8 Å².